The molecule has 0 spiro atoms. The van der Waals surface area contributed by atoms with Gasteiger partial charge in [0.1, 0.15) is 0 Å². The number of rotatable bonds is 8. The summed E-state index contributed by atoms with van der Waals surface area (Å²) in [6.45, 7) is 5.07. The van der Waals surface area contributed by atoms with Crippen LogP contribution in [0.4, 0.5) is 13.2 Å². The molecule has 212 valence electrons. The lowest BCUT2D eigenvalue weighted by atomic mass is 9.74. The minimum absolute atomic E-state index is 0.00550. The monoisotopic (exact) mass is 588 g/mol. The smallest absolute Gasteiger partial charge is 0.433 e. The number of alkyl halides is 3. The molecule has 2 heterocycles. The molecule has 13 heteroatoms. The first-order chi connectivity index (χ1) is 18.0. The van der Waals surface area contributed by atoms with E-state index >= 15 is 0 Å². The molecule has 2 aliphatic rings. The molecule has 1 amide bonds. The van der Waals surface area contributed by atoms with Crippen LogP contribution in [0.3, 0.4) is 0 Å². The topological polar surface area (TPSA) is 105 Å². The molecule has 8 nitrogen and oxygen atoms in total. The predicted octanol–water partition coefficient (Wildman–Crippen LogP) is 6.18. The number of halogens is 5. The summed E-state index contributed by atoms with van der Waals surface area (Å²) in [5, 5.41) is 13.4. The Balaban J connectivity index is 1.66. The van der Waals surface area contributed by atoms with E-state index in [0.29, 0.717) is 0 Å². The number of carboxylic acid groups (broad SMARTS) is 1. The van der Waals surface area contributed by atoms with Crippen LogP contribution >= 0.6 is 23.2 Å². The van der Waals surface area contributed by atoms with Crippen LogP contribution in [0.5, 0.6) is 0 Å². The van der Waals surface area contributed by atoms with Gasteiger partial charge in [0.15, 0.2) is 11.5 Å². The van der Waals surface area contributed by atoms with Gasteiger partial charge < -0.3 is 10.0 Å². The largest absolute Gasteiger partial charge is 0.481 e. The maximum Gasteiger partial charge on any atom is 0.433 e. The molecule has 2 fully saturated rings. The second-order valence-corrected chi connectivity index (χ2v) is 12.2. The second-order valence-electron chi connectivity index (χ2n) is 11.4. The fourth-order valence-electron chi connectivity index (χ4n) is 5.25. The Hall–Kier alpha value is -2.66. The van der Waals surface area contributed by atoms with Gasteiger partial charge in [-0.1, -0.05) is 37.0 Å². The number of nitrogens with zero attached hydrogens (tertiary/aromatic N) is 4. The summed E-state index contributed by atoms with van der Waals surface area (Å²) in [4.78, 5) is 43.3. The second kappa shape index (κ2) is 10.4. The normalized spacial score (nSPS) is 24.3. The van der Waals surface area contributed by atoms with Crippen molar-refractivity contribution < 1.29 is 32.7 Å². The summed E-state index contributed by atoms with van der Waals surface area (Å²) in [5.74, 6) is -2.60. The lowest BCUT2D eigenvalue weighted by Gasteiger charge is -2.34. The first kappa shape index (κ1) is 29.3. The summed E-state index contributed by atoms with van der Waals surface area (Å²) in [5.41, 5.74) is -3.07. The summed E-state index contributed by atoms with van der Waals surface area (Å²) in [6, 6.07) is -0.720. The third kappa shape index (κ3) is 5.94. The Kier molecular flexibility index (Phi) is 7.81. The zero-order valence-electron chi connectivity index (χ0n) is 21.7. The summed E-state index contributed by atoms with van der Waals surface area (Å²) < 4.78 is 44.0. The number of Topliss-reactive ketones (excluding diaryl/α,β-unsaturated/α-hetero) is 1. The van der Waals surface area contributed by atoms with Crippen molar-refractivity contribution in [2.24, 2.45) is 16.7 Å². The average Bonchev–Trinajstić information content (AvgIpc) is 3.22. The third-order valence-electron chi connectivity index (χ3n) is 8.13. The van der Waals surface area contributed by atoms with E-state index in [1.165, 1.54) is 12.4 Å². The molecule has 0 radical (unpaired) electrons. The van der Waals surface area contributed by atoms with Crippen LogP contribution in [0.2, 0.25) is 10.0 Å². The Morgan fingerprint density at radius 3 is 2.15 bits per heavy atom. The summed E-state index contributed by atoms with van der Waals surface area (Å²) in [6.07, 6.45) is -0.144. The third-order valence-corrected chi connectivity index (χ3v) is 8.70. The molecule has 1 N–H and O–H groups in total. The van der Waals surface area contributed by atoms with Gasteiger partial charge in [0, 0.05) is 18.9 Å². The van der Waals surface area contributed by atoms with Crippen molar-refractivity contribution in [1.82, 2.24) is 19.7 Å². The molecule has 0 saturated heterocycles. The van der Waals surface area contributed by atoms with E-state index in [-0.39, 0.29) is 59.2 Å². The van der Waals surface area contributed by atoms with Crippen molar-refractivity contribution in [3.05, 3.63) is 45.5 Å². The van der Waals surface area contributed by atoms with Gasteiger partial charge in [-0.15, -0.1) is 0 Å². The van der Waals surface area contributed by atoms with Crippen LogP contribution in [0, 0.1) is 16.7 Å². The maximum atomic E-state index is 14.4. The summed E-state index contributed by atoms with van der Waals surface area (Å²) in [7, 11) is 0. The van der Waals surface area contributed by atoms with Gasteiger partial charge in [0.05, 0.1) is 45.4 Å². The van der Waals surface area contributed by atoms with E-state index in [2.05, 4.69) is 10.1 Å². The Labute approximate surface area is 233 Å². The predicted molar refractivity (Wildman–Crippen MR) is 137 cm³/mol. The standard InChI is InChI=1S/C26H29Cl2F3N4O4/c1-24(2)8-14(24)12-34(13-19(36)20-17(27)10-32-11-18(20)28)22(37)16-9-33-35(21(16)26(29,30)31)15-4-6-25(3,7-5-15)23(38)39/h9-11,14-15H,4-8,12-13H2,1-3H3,(H,38,39)/t14-,15-,25-/m1/s1. The van der Waals surface area contributed by atoms with Crippen LogP contribution in [-0.2, 0) is 11.0 Å². The van der Waals surface area contributed by atoms with Gasteiger partial charge in [0.25, 0.3) is 5.91 Å². The van der Waals surface area contributed by atoms with E-state index in [0.717, 1.165) is 22.2 Å². The molecule has 0 aliphatic heterocycles. The number of amides is 1. The number of hydrogen-bond donors (Lipinski definition) is 1. The van der Waals surface area contributed by atoms with Gasteiger partial charge in [-0.25, -0.2) is 0 Å². The van der Waals surface area contributed by atoms with Crippen molar-refractivity contribution >= 4 is 40.9 Å². The number of pyridine rings is 1. The van der Waals surface area contributed by atoms with Crippen LogP contribution in [0.15, 0.2) is 18.6 Å². The summed E-state index contributed by atoms with van der Waals surface area (Å²) >= 11 is 12.2. The van der Waals surface area contributed by atoms with E-state index in [1.54, 1.807) is 6.92 Å². The first-order valence-corrected chi connectivity index (χ1v) is 13.3. The van der Waals surface area contributed by atoms with E-state index in [1.807, 2.05) is 13.8 Å². The molecule has 2 aromatic heterocycles. The van der Waals surface area contributed by atoms with Crippen LogP contribution < -0.4 is 0 Å². The maximum absolute atomic E-state index is 14.4. The molecule has 1 atom stereocenters. The molecule has 0 bridgehead atoms. The molecule has 2 saturated carbocycles. The number of carbonyl (C=O) groups is 3. The molecule has 0 aromatic carbocycles. The molecule has 2 aromatic rings. The molecular formula is C26H29Cl2F3N4O4. The van der Waals surface area contributed by atoms with Gasteiger partial charge in [-0.3, -0.25) is 24.0 Å². The minimum atomic E-state index is -4.92. The van der Waals surface area contributed by atoms with Gasteiger partial charge in [-0.2, -0.15) is 18.3 Å². The first-order valence-electron chi connectivity index (χ1n) is 12.5. The molecule has 2 aliphatic carbocycles. The van der Waals surface area contributed by atoms with Crippen molar-refractivity contribution in [3.8, 4) is 0 Å². The van der Waals surface area contributed by atoms with Crippen LogP contribution in [0.25, 0.3) is 0 Å². The van der Waals surface area contributed by atoms with Gasteiger partial charge in [-0.05, 0) is 50.4 Å². The quantitative estimate of drug-likeness (QED) is 0.369. The van der Waals surface area contributed by atoms with Crippen LogP contribution in [0.1, 0.15) is 85.3 Å². The van der Waals surface area contributed by atoms with Gasteiger partial charge in [0.2, 0.25) is 0 Å². The minimum Gasteiger partial charge on any atom is -0.481 e. The lowest BCUT2D eigenvalue weighted by molar-refractivity contribution is -0.152. The average molecular weight is 589 g/mol. The van der Waals surface area contributed by atoms with Crippen molar-refractivity contribution in [2.45, 2.75) is 65.1 Å². The number of carboxylic acids is 1. The highest BCUT2D eigenvalue weighted by Crippen LogP contribution is 2.52. The highest BCUT2D eigenvalue weighted by molar-refractivity contribution is 6.39. The van der Waals surface area contributed by atoms with E-state index < -0.39 is 53.1 Å². The van der Waals surface area contributed by atoms with Crippen LogP contribution in [-0.4, -0.2) is 55.5 Å². The van der Waals surface area contributed by atoms with Crippen molar-refractivity contribution in [3.63, 3.8) is 0 Å². The number of ketones is 1. The number of aromatic nitrogens is 3. The van der Waals surface area contributed by atoms with E-state index in [9.17, 15) is 32.7 Å². The highest BCUT2D eigenvalue weighted by Gasteiger charge is 2.49. The fourth-order valence-corrected chi connectivity index (χ4v) is 5.83. The highest BCUT2D eigenvalue weighted by atomic mass is 35.5. The Bertz CT molecular complexity index is 1280. The molecule has 0 unspecified atom stereocenters. The van der Waals surface area contributed by atoms with E-state index in [4.69, 9.17) is 23.2 Å². The fraction of sp³-hybridized carbons (Fsp3) is 0.577. The SMILES string of the molecule is CC1(C)C[C@@H]1CN(CC(=O)c1c(Cl)cncc1Cl)C(=O)c1cnn([C@H]2CC[C@](C)(C(=O)O)CC2)c1C(F)(F)F. The Morgan fingerprint density at radius 1 is 1.10 bits per heavy atom. The molecule has 4 rings (SSSR count). The molecular weight excluding hydrogens is 560 g/mol. The number of hydrogen-bond acceptors (Lipinski definition) is 5. The van der Waals surface area contributed by atoms with Crippen molar-refractivity contribution in [1.29, 1.82) is 0 Å². The van der Waals surface area contributed by atoms with Crippen molar-refractivity contribution in [2.75, 3.05) is 13.1 Å². The zero-order chi connectivity index (χ0) is 28.9. The van der Waals surface area contributed by atoms with Gasteiger partial charge >= 0.3 is 12.1 Å². The lowest BCUT2D eigenvalue weighted by Crippen LogP contribution is -2.39. The Morgan fingerprint density at radius 2 is 1.67 bits per heavy atom. The number of carbonyl (C=O) groups excluding carboxylic acids is 2. The molecule has 39 heavy (non-hydrogen) atoms. The number of aliphatic carboxylic acids is 1. The zero-order valence-corrected chi connectivity index (χ0v) is 23.2.